The molecule has 3 aromatic rings. The van der Waals surface area contributed by atoms with Crippen molar-refractivity contribution in [2.24, 2.45) is 0 Å². The monoisotopic (exact) mass is 375 g/mol. The van der Waals surface area contributed by atoms with Crippen molar-refractivity contribution < 1.29 is 9.53 Å². The zero-order chi connectivity index (χ0) is 19.5. The van der Waals surface area contributed by atoms with Gasteiger partial charge in [-0.25, -0.2) is 0 Å². The number of aryl methyl sites for hydroxylation is 2. The maximum absolute atomic E-state index is 12.9. The maximum Gasteiger partial charge on any atom is 0.272 e. The van der Waals surface area contributed by atoms with Crippen LogP contribution in [0.15, 0.2) is 61.1 Å². The van der Waals surface area contributed by atoms with Gasteiger partial charge in [0.2, 0.25) is 0 Å². The van der Waals surface area contributed by atoms with Gasteiger partial charge in [0, 0.05) is 50.2 Å². The van der Waals surface area contributed by atoms with Crippen molar-refractivity contribution in [1.29, 1.82) is 0 Å². The van der Waals surface area contributed by atoms with Gasteiger partial charge in [-0.05, 0) is 49.2 Å². The molecular formula is C23H25N3O2. The number of hydrogen-bond donors (Lipinski definition) is 0. The van der Waals surface area contributed by atoms with E-state index in [-0.39, 0.29) is 12.0 Å². The Morgan fingerprint density at radius 1 is 1.04 bits per heavy atom. The molecule has 1 aliphatic heterocycles. The average molecular weight is 375 g/mol. The van der Waals surface area contributed by atoms with Gasteiger partial charge in [0.1, 0.15) is 17.5 Å². The van der Waals surface area contributed by atoms with E-state index in [1.165, 1.54) is 0 Å². The van der Waals surface area contributed by atoms with Crippen molar-refractivity contribution in [2.45, 2.75) is 32.8 Å². The number of nitrogens with zero attached hydrogens (tertiary/aromatic N) is 3. The molecule has 0 atom stereocenters. The summed E-state index contributed by atoms with van der Waals surface area (Å²) in [6.45, 7) is 5.52. The first-order chi connectivity index (χ1) is 13.6. The lowest BCUT2D eigenvalue weighted by Crippen LogP contribution is -2.42. The molecule has 2 aromatic heterocycles. The second-order valence-corrected chi connectivity index (χ2v) is 7.32. The number of benzene rings is 1. The molecule has 0 bridgehead atoms. The van der Waals surface area contributed by atoms with Gasteiger partial charge < -0.3 is 14.2 Å². The molecule has 0 unspecified atom stereocenters. The van der Waals surface area contributed by atoms with Crippen LogP contribution in [0.5, 0.6) is 5.75 Å². The van der Waals surface area contributed by atoms with E-state index in [4.69, 9.17) is 4.74 Å². The molecule has 4 rings (SSSR count). The molecule has 1 saturated heterocycles. The molecule has 1 aliphatic rings. The van der Waals surface area contributed by atoms with Crippen LogP contribution < -0.4 is 4.74 Å². The quantitative estimate of drug-likeness (QED) is 0.687. The van der Waals surface area contributed by atoms with Gasteiger partial charge in [-0.1, -0.05) is 18.2 Å². The number of para-hydroxylation sites is 1. The summed E-state index contributed by atoms with van der Waals surface area (Å²) in [7, 11) is 0. The Morgan fingerprint density at radius 2 is 1.71 bits per heavy atom. The number of aromatic nitrogens is 2. The highest BCUT2D eigenvalue weighted by Crippen LogP contribution is 2.26. The van der Waals surface area contributed by atoms with Crippen molar-refractivity contribution in [3.63, 3.8) is 0 Å². The van der Waals surface area contributed by atoms with E-state index in [2.05, 4.69) is 31.0 Å². The number of pyridine rings is 1. The van der Waals surface area contributed by atoms with Gasteiger partial charge in [0.25, 0.3) is 5.91 Å². The highest BCUT2D eigenvalue weighted by molar-refractivity contribution is 5.92. The summed E-state index contributed by atoms with van der Waals surface area (Å²) >= 11 is 0. The van der Waals surface area contributed by atoms with E-state index in [0.29, 0.717) is 18.8 Å². The number of likely N-dealkylation sites (tertiary alicyclic amines) is 1. The van der Waals surface area contributed by atoms with Crippen LogP contribution in [0.3, 0.4) is 0 Å². The zero-order valence-corrected chi connectivity index (χ0v) is 16.3. The molecule has 0 saturated carbocycles. The highest BCUT2D eigenvalue weighted by Gasteiger charge is 2.26. The molecule has 144 valence electrons. The Labute approximate surface area is 165 Å². The van der Waals surface area contributed by atoms with Gasteiger partial charge >= 0.3 is 0 Å². The predicted octanol–water partition coefficient (Wildman–Crippen LogP) is 4.17. The minimum absolute atomic E-state index is 0.0143. The van der Waals surface area contributed by atoms with E-state index in [9.17, 15) is 4.79 Å². The van der Waals surface area contributed by atoms with Crippen LogP contribution in [-0.4, -0.2) is 39.6 Å². The number of carbonyl (C=O) groups excluding carboxylic acids is 1. The fourth-order valence-corrected chi connectivity index (χ4v) is 3.69. The molecule has 0 spiro atoms. The van der Waals surface area contributed by atoms with Gasteiger partial charge in [0.05, 0.1) is 0 Å². The second-order valence-electron chi connectivity index (χ2n) is 7.32. The highest BCUT2D eigenvalue weighted by atomic mass is 16.5. The largest absolute Gasteiger partial charge is 0.490 e. The molecule has 0 radical (unpaired) electrons. The van der Waals surface area contributed by atoms with E-state index >= 15 is 0 Å². The Bertz CT molecular complexity index is 937. The number of rotatable bonds is 4. The first-order valence-corrected chi connectivity index (χ1v) is 9.73. The first-order valence-electron chi connectivity index (χ1n) is 9.73. The Balaban J connectivity index is 1.40. The Kier molecular flexibility index (Phi) is 5.15. The van der Waals surface area contributed by atoms with Gasteiger partial charge in [0.15, 0.2) is 0 Å². The van der Waals surface area contributed by atoms with Crippen LogP contribution in [0.4, 0.5) is 0 Å². The molecule has 28 heavy (non-hydrogen) atoms. The number of piperidine rings is 1. The molecule has 0 aliphatic carbocycles. The minimum atomic E-state index is -0.0143. The van der Waals surface area contributed by atoms with Crippen LogP contribution in [0, 0.1) is 13.8 Å². The van der Waals surface area contributed by atoms with E-state index in [1.54, 1.807) is 6.20 Å². The van der Waals surface area contributed by atoms with E-state index in [0.717, 1.165) is 35.4 Å². The van der Waals surface area contributed by atoms with Gasteiger partial charge in [-0.15, -0.1) is 0 Å². The summed E-state index contributed by atoms with van der Waals surface area (Å²) in [5.74, 6) is 0.966. The van der Waals surface area contributed by atoms with Crippen molar-refractivity contribution in [3.8, 4) is 11.4 Å². The fourth-order valence-electron chi connectivity index (χ4n) is 3.69. The van der Waals surface area contributed by atoms with Crippen molar-refractivity contribution in [2.75, 3.05) is 13.1 Å². The minimum Gasteiger partial charge on any atom is -0.490 e. The maximum atomic E-state index is 12.9. The molecule has 0 N–H and O–H groups in total. The fraction of sp³-hybridized carbons (Fsp3) is 0.304. The van der Waals surface area contributed by atoms with Crippen LogP contribution in [0.1, 0.15) is 34.5 Å². The third-order valence-electron chi connectivity index (χ3n) is 5.29. The molecular weight excluding hydrogens is 350 g/mol. The van der Waals surface area contributed by atoms with E-state index < -0.39 is 0 Å². The van der Waals surface area contributed by atoms with Crippen molar-refractivity contribution in [3.05, 3.63) is 77.9 Å². The Hall–Kier alpha value is -3.08. The third-order valence-corrected chi connectivity index (χ3v) is 5.29. The lowest BCUT2D eigenvalue weighted by atomic mass is 10.1. The zero-order valence-electron chi connectivity index (χ0n) is 16.3. The molecule has 5 nitrogen and oxygen atoms in total. The van der Waals surface area contributed by atoms with Gasteiger partial charge in [-0.3, -0.25) is 9.78 Å². The molecule has 1 amide bonds. The lowest BCUT2D eigenvalue weighted by Gasteiger charge is -2.32. The Morgan fingerprint density at radius 3 is 2.39 bits per heavy atom. The van der Waals surface area contributed by atoms with Crippen molar-refractivity contribution >= 4 is 5.91 Å². The third kappa shape index (κ3) is 3.79. The number of amides is 1. The number of carbonyl (C=O) groups is 1. The SMILES string of the molecule is Cc1cccc(C)c1OC1CCN(C(=O)c2cc(-n3cccc3)ccn2)CC1. The van der Waals surface area contributed by atoms with Crippen LogP contribution in [0.2, 0.25) is 0 Å². The van der Waals surface area contributed by atoms with Gasteiger partial charge in [-0.2, -0.15) is 0 Å². The summed E-state index contributed by atoms with van der Waals surface area (Å²) in [5.41, 5.74) is 3.74. The van der Waals surface area contributed by atoms with Crippen molar-refractivity contribution in [1.82, 2.24) is 14.5 Å². The summed E-state index contributed by atoms with van der Waals surface area (Å²) in [5, 5.41) is 0. The molecule has 3 heterocycles. The topological polar surface area (TPSA) is 47.4 Å². The molecule has 1 fully saturated rings. The second kappa shape index (κ2) is 7.89. The average Bonchev–Trinajstić information content (AvgIpc) is 3.26. The number of ether oxygens (including phenoxy) is 1. The smallest absolute Gasteiger partial charge is 0.272 e. The first kappa shape index (κ1) is 18.3. The molecule has 5 heteroatoms. The van der Waals surface area contributed by atoms with Crippen LogP contribution >= 0.6 is 0 Å². The van der Waals surface area contributed by atoms with Crippen LogP contribution in [-0.2, 0) is 0 Å². The summed E-state index contributed by atoms with van der Waals surface area (Å²) < 4.78 is 8.24. The molecule has 1 aromatic carbocycles. The summed E-state index contributed by atoms with van der Waals surface area (Å²) in [6, 6.07) is 13.9. The standard InChI is InChI=1S/C23H25N3O2/c1-17-6-5-7-18(2)22(17)28-20-9-14-26(15-10-20)23(27)21-16-19(8-11-24-21)25-12-3-4-13-25/h3-8,11-13,16,20H,9-10,14-15H2,1-2H3. The normalized spacial score (nSPS) is 14.9. The summed E-state index contributed by atoms with van der Waals surface area (Å²) in [4.78, 5) is 19.1. The predicted molar refractivity (Wildman–Crippen MR) is 109 cm³/mol. The lowest BCUT2D eigenvalue weighted by molar-refractivity contribution is 0.0587. The van der Waals surface area contributed by atoms with Crippen LogP contribution in [0.25, 0.3) is 5.69 Å². The number of hydrogen-bond acceptors (Lipinski definition) is 3. The van der Waals surface area contributed by atoms with E-state index in [1.807, 2.05) is 52.2 Å². The summed E-state index contributed by atoms with van der Waals surface area (Å²) in [6.07, 6.45) is 7.41.